The van der Waals surface area contributed by atoms with Crippen LogP contribution in [0.15, 0.2) is 30.3 Å². The van der Waals surface area contributed by atoms with Crippen molar-refractivity contribution < 1.29 is 9.53 Å². The number of methoxy groups -OCH3 is 1. The number of hydrogen-bond donors (Lipinski definition) is 1. The van der Waals surface area contributed by atoms with E-state index in [-0.39, 0.29) is 5.97 Å². The first-order chi connectivity index (χ1) is 9.61. The van der Waals surface area contributed by atoms with Gasteiger partial charge < -0.3 is 10.5 Å². The van der Waals surface area contributed by atoms with Crippen LogP contribution in [-0.2, 0) is 4.74 Å². The van der Waals surface area contributed by atoms with Gasteiger partial charge in [0.05, 0.1) is 17.7 Å². The fourth-order valence-electron chi connectivity index (χ4n) is 2.10. The Morgan fingerprint density at radius 1 is 1.25 bits per heavy atom. The maximum absolute atomic E-state index is 11.7. The number of carbonyl (C=O) groups excluding carboxylic acids is 1. The highest BCUT2D eigenvalue weighted by atomic mass is 32.1. The van der Waals surface area contributed by atoms with Gasteiger partial charge in [-0.25, -0.2) is 4.79 Å². The lowest BCUT2D eigenvalue weighted by Crippen LogP contribution is -2.01. The molecule has 0 bridgehead atoms. The topological polar surface area (TPSA) is 52.3 Å². The second-order valence-corrected chi connectivity index (χ2v) is 6.54. The molecule has 0 saturated heterocycles. The molecule has 3 nitrogen and oxygen atoms in total. The lowest BCUT2D eigenvalue weighted by atomic mass is 10.2. The first-order valence-electron chi connectivity index (χ1n) is 6.08. The van der Waals surface area contributed by atoms with Crippen molar-refractivity contribution in [3.8, 4) is 9.75 Å². The molecular formula is C15H13NO2S2. The Bertz CT molecular complexity index is 768. The van der Waals surface area contributed by atoms with Crippen LogP contribution >= 0.6 is 22.7 Å². The Morgan fingerprint density at radius 3 is 2.70 bits per heavy atom. The molecule has 2 aromatic heterocycles. The Labute approximate surface area is 124 Å². The van der Waals surface area contributed by atoms with Crippen LogP contribution in [0.1, 0.15) is 15.2 Å². The quantitative estimate of drug-likeness (QED) is 0.718. The number of rotatable bonds is 2. The number of fused-ring (bicyclic) bond motifs is 1. The number of esters is 1. The minimum absolute atomic E-state index is 0.372. The summed E-state index contributed by atoms with van der Waals surface area (Å²) < 4.78 is 6.01. The van der Waals surface area contributed by atoms with Gasteiger partial charge in [0.15, 0.2) is 0 Å². The van der Waals surface area contributed by atoms with Crippen LogP contribution in [0.4, 0.5) is 5.69 Å². The number of ether oxygens (including phenoxy) is 1. The maximum Gasteiger partial charge on any atom is 0.350 e. The summed E-state index contributed by atoms with van der Waals surface area (Å²) in [5.41, 5.74) is 7.49. The van der Waals surface area contributed by atoms with E-state index in [0.717, 1.165) is 15.3 Å². The van der Waals surface area contributed by atoms with E-state index in [0.29, 0.717) is 10.6 Å². The molecule has 0 aliphatic rings. The number of benzene rings is 1. The van der Waals surface area contributed by atoms with E-state index in [9.17, 15) is 4.79 Å². The van der Waals surface area contributed by atoms with E-state index >= 15 is 0 Å². The van der Waals surface area contributed by atoms with Crippen LogP contribution in [0, 0.1) is 6.92 Å². The third-order valence-corrected chi connectivity index (χ3v) is 5.80. The molecule has 0 aliphatic heterocycles. The van der Waals surface area contributed by atoms with Crippen molar-refractivity contribution in [3.05, 3.63) is 40.8 Å². The normalized spacial score (nSPS) is 10.9. The molecule has 0 fully saturated rings. The third kappa shape index (κ3) is 1.99. The summed E-state index contributed by atoms with van der Waals surface area (Å²) in [6.45, 7) is 1.94. The lowest BCUT2D eigenvalue weighted by Gasteiger charge is -1.96. The summed E-state index contributed by atoms with van der Waals surface area (Å²) >= 11 is 3.11. The van der Waals surface area contributed by atoms with Crippen molar-refractivity contribution in [2.45, 2.75) is 6.92 Å². The van der Waals surface area contributed by atoms with Crippen LogP contribution < -0.4 is 5.73 Å². The van der Waals surface area contributed by atoms with Gasteiger partial charge >= 0.3 is 5.97 Å². The Hall–Kier alpha value is -1.85. The predicted molar refractivity (Wildman–Crippen MR) is 85.6 cm³/mol. The third-order valence-electron chi connectivity index (χ3n) is 3.21. The molecule has 102 valence electrons. The zero-order valence-electron chi connectivity index (χ0n) is 11.1. The van der Waals surface area contributed by atoms with Crippen molar-refractivity contribution in [1.82, 2.24) is 0 Å². The van der Waals surface area contributed by atoms with E-state index in [1.165, 1.54) is 28.5 Å². The standard InChI is InChI=1S/C15H13NO2S2/c1-8-12(16)14(15(17)18-2)20-13(8)11-7-9-5-3-4-6-10(9)19-11/h3-7H,16H2,1-2H3. The molecular weight excluding hydrogens is 290 g/mol. The van der Waals surface area contributed by atoms with Gasteiger partial charge in [0, 0.05) is 9.58 Å². The highest BCUT2D eigenvalue weighted by Crippen LogP contribution is 2.43. The van der Waals surface area contributed by atoms with Crippen LogP contribution in [-0.4, -0.2) is 13.1 Å². The molecule has 0 atom stereocenters. The number of carbonyl (C=O) groups is 1. The number of thiophene rings is 2. The molecule has 3 rings (SSSR count). The van der Waals surface area contributed by atoms with Crippen LogP contribution in [0.3, 0.4) is 0 Å². The molecule has 20 heavy (non-hydrogen) atoms. The molecule has 0 amide bonds. The summed E-state index contributed by atoms with van der Waals surface area (Å²) in [5, 5.41) is 1.21. The average molecular weight is 303 g/mol. The summed E-state index contributed by atoms with van der Waals surface area (Å²) in [6, 6.07) is 10.4. The van der Waals surface area contributed by atoms with E-state index in [1.54, 1.807) is 11.3 Å². The second kappa shape index (κ2) is 4.92. The molecule has 2 N–H and O–H groups in total. The van der Waals surface area contributed by atoms with Crippen LogP contribution in [0.5, 0.6) is 0 Å². The van der Waals surface area contributed by atoms with Gasteiger partial charge in [-0.1, -0.05) is 18.2 Å². The lowest BCUT2D eigenvalue weighted by molar-refractivity contribution is 0.0607. The molecule has 0 radical (unpaired) electrons. The minimum Gasteiger partial charge on any atom is -0.465 e. The van der Waals surface area contributed by atoms with Crippen molar-refractivity contribution in [1.29, 1.82) is 0 Å². The smallest absolute Gasteiger partial charge is 0.350 e. The zero-order chi connectivity index (χ0) is 14.3. The van der Waals surface area contributed by atoms with Gasteiger partial charge in [0.1, 0.15) is 4.88 Å². The van der Waals surface area contributed by atoms with Gasteiger partial charge in [0.2, 0.25) is 0 Å². The number of hydrogen-bond acceptors (Lipinski definition) is 5. The zero-order valence-corrected chi connectivity index (χ0v) is 12.7. The fourth-order valence-corrected chi connectivity index (χ4v) is 4.47. The summed E-state index contributed by atoms with van der Waals surface area (Å²) in [7, 11) is 1.37. The summed E-state index contributed by atoms with van der Waals surface area (Å²) in [5.74, 6) is -0.372. The van der Waals surface area contributed by atoms with Crippen molar-refractivity contribution in [2.75, 3.05) is 12.8 Å². The van der Waals surface area contributed by atoms with Crippen molar-refractivity contribution >= 4 is 44.4 Å². The minimum atomic E-state index is -0.372. The Morgan fingerprint density at radius 2 is 2.00 bits per heavy atom. The summed E-state index contributed by atoms with van der Waals surface area (Å²) in [6.07, 6.45) is 0. The molecule has 0 spiro atoms. The Kier molecular flexibility index (Phi) is 3.23. The van der Waals surface area contributed by atoms with E-state index < -0.39 is 0 Å². The highest BCUT2D eigenvalue weighted by Gasteiger charge is 2.20. The molecule has 1 aromatic carbocycles. The predicted octanol–water partition coefficient (Wildman–Crippen LogP) is 4.31. The number of anilines is 1. The van der Waals surface area contributed by atoms with Crippen LogP contribution in [0.25, 0.3) is 19.8 Å². The van der Waals surface area contributed by atoms with Gasteiger partial charge in [-0.15, -0.1) is 22.7 Å². The summed E-state index contributed by atoms with van der Waals surface area (Å²) in [4.78, 5) is 14.4. The molecule has 0 aliphatic carbocycles. The SMILES string of the molecule is COC(=O)c1sc(-c2cc3ccccc3s2)c(C)c1N. The van der Waals surface area contributed by atoms with E-state index in [1.807, 2.05) is 19.1 Å². The van der Waals surface area contributed by atoms with Crippen molar-refractivity contribution in [3.63, 3.8) is 0 Å². The first kappa shape index (κ1) is 13.1. The molecule has 0 unspecified atom stereocenters. The van der Waals surface area contributed by atoms with Gasteiger partial charge in [0.25, 0.3) is 0 Å². The molecule has 3 aromatic rings. The molecule has 2 heterocycles. The monoisotopic (exact) mass is 303 g/mol. The first-order valence-corrected chi connectivity index (χ1v) is 7.71. The van der Waals surface area contributed by atoms with Gasteiger partial charge in [-0.3, -0.25) is 0 Å². The second-order valence-electron chi connectivity index (χ2n) is 4.44. The van der Waals surface area contributed by atoms with Gasteiger partial charge in [-0.05, 0) is 30.0 Å². The van der Waals surface area contributed by atoms with Crippen molar-refractivity contribution in [2.24, 2.45) is 0 Å². The average Bonchev–Trinajstić information content (AvgIpc) is 3.01. The fraction of sp³-hybridized carbons (Fsp3) is 0.133. The van der Waals surface area contributed by atoms with Gasteiger partial charge in [-0.2, -0.15) is 0 Å². The Balaban J connectivity index is 2.16. The molecule has 0 saturated carbocycles. The van der Waals surface area contributed by atoms with Crippen LogP contribution in [0.2, 0.25) is 0 Å². The molecule has 5 heteroatoms. The highest BCUT2D eigenvalue weighted by molar-refractivity contribution is 7.26. The largest absolute Gasteiger partial charge is 0.465 e. The maximum atomic E-state index is 11.7. The van der Waals surface area contributed by atoms with E-state index in [4.69, 9.17) is 10.5 Å². The van der Waals surface area contributed by atoms with E-state index in [2.05, 4.69) is 18.2 Å². The number of nitrogen functional groups attached to an aromatic ring is 1. The number of nitrogens with two attached hydrogens (primary N) is 1.